The highest BCUT2D eigenvalue weighted by atomic mass is 32.1. The Morgan fingerprint density at radius 2 is 2.24 bits per heavy atom. The number of carbonyl (C=O) groups is 1. The fraction of sp³-hybridized carbons (Fsp3) is 0.667. The van der Waals surface area contributed by atoms with E-state index in [-0.39, 0.29) is 11.9 Å². The summed E-state index contributed by atoms with van der Waals surface area (Å²) in [6.45, 7) is 6.48. The van der Waals surface area contributed by atoms with Crippen LogP contribution in [0.1, 0.15) is 41.4 Å². The van der Waals surface area contributed by atoms with Crippen LogP contribution in [0.2, 0.25) is 0 Å². The zero-order chi connectivity index (χ0) is 12.4. The molecule has 0 aromatic carbocycles. The van der Waals surface area contributed by atoms with Crippen LogP contribution in [0.15, 0.2) is 0 Å². The molecule has 0 radical (unpaired) electrons. The molecule has 0 spiro atoms. The average Bonchev–Trinajstić information content (AvgIpc) is 3.00. The van der Waals surface area contributed by atoms with Crippen LogP contribution in [0.25, 0.3) is 0 Å². The van der Waals surface area contributed by atoms with Crippen LogP contribution in [0.5, 0.6) is 0 Å². The SMILES string of the molecule is Cc1nc(C)c(C(C)NCC(=O)NC2CC2)s1. The van der Waals surface area contributed by atoms with Gasteiger partial charge in [0.15, 0.2) is 0 Å². The Kier molecular flexibility index (Phi) is 3.79. The predicted molar refractivity (Wildman–Crippen MR) is 69.2 cm³/mol. The standard InChI is InChI=1S/C12H19N3OS/c1-7(12-8(2)14-9(3)17-12)13-6-11(16)15-10-4-5-10/h7,10,13H,4-6H2,1-3H3,(H,15,16). The van der Waals surface area contributed by atoms with Crippen molar-refractivity contribution in [2.45, 2.75) is 45.7 Å². The van der Waals surface area contributed by atoms with Gasteiger partial charge in [0.05, 0.1) is 17.2 Å². The number of rotatable bonds is 5. The van der Waals surface area contributed by atoms with Gasteiger partial charge in [-0.25, -0.2) is 4.98 Å². The Bertz CT molecular complexity index is 412. The monoisotopic (exact) mass is 253 g/mol. The smallest absolute Gasteiger partial charge is 0.234 e. The van der Waals surface area contributed by atoms with E-state index in [0.29, 0.717) is 12.6 Å². The minimum absolute atomic E-state index is 0.0956. The van der Waals surface area contributed by atoms with Crippen molar-refractivity contribution in [1.29, 1.82) is 0 Å². The first kappa shape index (κ1) is 12.5. The lowest BCUT2D eigenvalue weighted by Gasteiger charge is -2.12. The van der Waals surface area contributed by atoms with Gasteiger partial charge in [-0.2, -0.15) is 0 Å². The molecule has 1 heterocycles. The molecule has 94 valence electrons. The molecule has 5 heteroatoms. The molecule has 17 heavy (non-hydrogen) atoms. The van der Waals surface area contributed by atoms with Crippen LogP contribution in [-0.2, 0) is 4.79 Å². The molecule has 1 aliphatic carbocycles. The molecule has 1 aromatic heterocycles. The van der Waals surface area contributed by atoms with Gasteiger partial charge in [-0.05, 0) is 33.6 Å². The Morgan fingerprint density at radius 1 is 1.53 bits per heavy atom. The normalized spacial score (nSPS) is 16.9. The number of aryl methyl sites for hydroxylation is 2. The Labute approximate surface area is 106 Å². The number of hydrogen-bond donors (Lipinski definition) is 2. The molecule has 1 aliphatic rings. The van der Waals surface area contributed by atoms with E-state index >= 15 is 0 Å². The highest BCUT2D eigenvalue weighted by molar-refractivity contribution is 7.11. The molecule has 1 saturated carbocycles. The van der Waals surface area contributed by atoms with Crippen molar-refractivity contribution < 1.29 is 4.79 Å². The summed E-state index contributed by atoms with van der Waals surface area (Å²) in [7, 11) is 0. The van der Waals surface area contributed by atoms with Gasteiger partial charge >= 0.3 is 0 Å². The Balaban J connectivity index is 1.81. The number of hydrogen-bond acceptors (Lipinski definition) is 4. The molecular weight excluding hydrogens is 234 g/mol. The van der Waals surface area contributed by atoms with Crippen LogP contribution in [-0.4, -0.2) is 23.5 Å². The third-order valence-electron chi connectivity index (χ3n) is 2.84. The molecular formula is C12H19N3OS. The summed E-state index contributed by atoms with van der Waals surface area (Å²) in [6, 6.07) is 0.623. The topological polar surface area (TPSA) is 54.0 Å². The highest BCUT2D eigenvalue weighted by Crippen LogP contribution is 2.24. The molecule has 1 amide bonds. The van der Waals surface area contributed by atoms with Gasteiger partial charge in [0, 0.05) is 17.0 Å². The first-order chi connectivity index (χ1) is 8.06. The van der Waals surface area contributed by atoms with Crippen molar-refractivity contribution in [3.05, 3.63) is 15.6 Å². The van der Waals surface area contributed by atoms with E-state index in [9.17, 15) is 4.79 Å². The number of carbonyl (C=O) groups excluding carboxylic acids is 1. The van der Waals surface area contributed by atoms with Gasteiger partial charge in [-0.3, -0.25) is 4.79 Å². The molecule has 0 saturated heterocycles. The largest absolute Gasteiger partial charge is 0.352 e. The molecule has 2 rings (SSSR count). The van der Waals surface area contributed by atoms with Crippen molar-refractivity contribution in [3.8, 4) is 0 Å². The minimum atomic E-state index is 0.0956. The summed E-state index contributed by atoms with van der Waals surface area (Å²) in [4.78, 5) is 17.2. The highest BCUT2D eigenvalue weighted by Gasteiger charge is 2.23. The molecule has 1 fully saturated rings. The fourth-order valence-corrected chi connectivity index (χ4v) is 2.75. The first-order valence-electron chi connectivity index (χ1n) is 6.03. The van der Waals surface area contributed by atoms with Crippen LogP contribution >= 0.6 is 11.3 Å². The molecule has 2 N–H and O–H groups in total. The molecule has 1 unspecified atom stereocenters. The van der Waals surface area contributed by atoms with Gasteiger partial charge in [-0.15, -0.1) is 11.3 Å². The van der Waals surface area contributed by atoms with E-state index in [4.69, 9.17) is 0 Å². The van der Waals surface area contributed by atoms with E-state index in [1.807, 2.05) is 13.8 Å². The lowest BCUT2D eigenvalue weighted by atomic mass is 10.2. The van der Waals surface area contributed by atoms with Gasteiger partial charge in [0.1, 0.15) is 0 Å². The van der Waals surface area contributed by atoms with Crippen LogP contribution in [0.3, 0.4) is 0 Å². The average molecular weight is 253 g/mol. The van der Waals surface area contributed by atoms with Gasteiger partial charge in [-0.1, -0.05) is 0 Å². The number of thiazole rings is 1. The Morgan fingerprint density at radius 3 is 2.76 bits per heavy atom. The van der Waals surface area contributed by atoms with E-state index < -0.39 is 0 Å². The van der Waals surface area contributed by atoms with Crippen molar-refractivity contribution >= 4 is 17.2 Å². The second-order valence-corrected chi connectivity index (χ2v) is 5.86. The number of nitrogens with one attached hydrogen (secondary N) is 2. The minimum Gasteiger partial charge on any atom is -0.352 e. The second-order valence-electron chi connectivity index (χ2n) is 4.63. The summed E-state index contributed by atoms with van der Waals surface area (Å²) in [5.41, 5.74) is 1.06. The summed E-state index contributed by atoms with van der Waals surface area (Å²) in [5, 5.41) is 7.29. The first-order valence-corrected chi connectivity index (χ1v) is 6.84. The Hall–Kier alpha value is -0.940. The number of aromatic nitrogens is 1. The van der Waals surface area contributed by atoms with Crippen molar-refractivity contribution in [2.24, 2.45) is 0 Å². The molecule has 1 atom stereocenters. The molecule has 0 bridgehead atoms. The van der Waals surface area contributed by atoms with Gasteiger partial charge in [0.25, 0.3) is 0 Å². The van der Waals surface area contributed by atoms with Crippen LogP contribution in [0.4, 0.5) is 0 Å². The maximum Gasteiger partial charge on any atom is 0.234 e. The van der Waals surface area contributed by atoms with Gasteiger partial charge in [0.2, 0.25) is 5.91 Å². The van der Waals surface area contributed by atoms with E-state index in [0.717, 1.165) is 23.5 Å². The molecule has 4 nitrogen and oxygen atoms in total. The quantitative estimate of drug-likeness (QED) is 0.839. The van der Waals surface area contributed by atoms with E-state index in [1.165, 1.54) is 4.88 Å². The number of amides is 1. The maximum atomic E-state index is 11.5. The lowest BCUT2D eigenvalue weighted by molar-refractivity contribution is -0.120. The second kappa shape index (κ2) is 5.14. The third kappa shape index (κ3) is 3.51. The van der Waals surface area contributed by atoms with Gasteiger partial charge < -0.3 is 10.6 Å². The van der Waals surface area contributed by atoms with Crippen LogP contribution in [0, 0.1) is 13.8 Å². The third-order valence-corrected chi connectivity index (χ3v) is 4.10. The van der Waals surface area contributed by atoms with Crippen molar-refractivity contribution in [1.82, 2.24) is 15.6 Å². The summed E-state index contributed by atoms with van der Waals surface area (Å²) < 4.78 is 0. The summed E-state index contributed by atoms with van der Waals surface area (Å²) in [6.07, 6.45) is 2.27. The fourth-order valence-electron chi connectivity index (χ4n) is 1.79. The van der Waals surface area contributed by atoms with E-state index in [1.54, 1.807) is 11.3 Å². The molecule has 1 aromatic rings. The van der Waals surface area contributed by atoms with E-state index in [2.05, 4.69) is 22.5 Å². The maximum absolute atomic E-state index is 11.5. The van der Waals surface area contributed by atoms with Crippen molar-refractivity contribution in [2.75, 3.05) is 6.54 Å². The van der Waals surface area contributed by atoms with Crippen LogP contribution < -0.4 is 10.6 Å². The molecule has 0 aliphatic heterocycles. The predicted octanol–water partition coefficient (Wildman–Crippen LogP) is 1.69. The summed E-state index contributed by atoms with van der Waals surface area (Å²) in [5.74, 6) is 0.0956. The number of nitrogens with zero attached hydrogens (tertiary/aromatic N) is 1. The lowest BCUT2D eigenvalue weighted by Crippen LogP contribution is -2.36. The zero-order valence-electron chi connectivity index (χ0n) is 10.5. The zero-order valence-corrected chi connectivity index (χ0v) is 11.4. The van der Waals surface area contributed by atoms with Crippen molar-refractivity contribution in [3.63, 3.8) is 0 Å². The summed E-state index contributed by atoms with van der Waals surface area (Å²) >= 11 is 1.70.